The van der Waals surface area contributed by atoms with Crippen LogP contribution in [0.1, 0.15) is 0 Å². The third kappa shape index (κ3) is 4.26. The Labute approximate surface area is 205 Å². The van der Waals surface area contributed by atoms with Crippen LogP contribution >= 0.6 is 63.7 Å². The second kappa shape index (κ2) is 9.02. The summed E-state index contributed by atoms with van der Waals surface area (Å²) in [6, 6.07) is 35.3. The molecule has 0 radical (unpaired) electrons. The number of hydrogen-bond acceptors (Lipinski definition) is 0. The molecule has 0 N–H and O–H groups in total. The van der Waals surface area contributed by atoms with E-state index in [0.29, 0.717) is 0 Å². The van der Waals surface area contributed by atoms with Crippen molar-refractivity contribution >= 4 is 92.5 Å². The lowest BCUT2D eigenvalue weighted by atomic mass is 10.3. The van der Waals surface area contributed by atoms with Gasteiger partial charge < -0.3 is 0 Å². The van der Waals surface area contributed by atoms with Gasteiger partial charge in [0, 0.05) is 17.9 Å². The molecule has 0 aromatic heterocycles. The Morgan fingerprint density at radius 2 is 0.483 bits per heavy atom. The SMILES string of the molecule is Brc1ccc([Si](c2ccc(Br)cc2)(c2ccc(Br)cc2)c2ccc(Br)cc2)cc1. The first kappa shape index (κ1) is 21.3. The second-order valence-corrected chi connectivity index (χ2v) is 14.2. The van der Waals surface area contributed by atoms with Crippen molar-refractivity contribution < 1.29 is 0 Å². The van der Waals surface area contributed by atoms with E-state index in [4.69, 9.17) is 0 Å². The highest BCUT2D eigenvalue weighted by Crippen LogP contribution is 2.17. The maximum atomic E-state index is 3.61. The van der Waals surface area contributed by atoms with Gasteiger partial charge in [0.1, 0.15) is 0 Å². The molecule has 0 heterocycles. The molecule has 4 rings (SSSR count). The summed E-state index contributed by atoms with van der Waals surface area (Å²) in [6.45, 7) is 0. The van der Waals surface area contributed by atoms with E-state index in [-0.39, 0.29) is 0 Å². The minimum atomic E-state index is -2.48. The first-order chi connectivity index (χ1) is 14.0. The van der Waals surface area contributed by atoms with Crippen LogP contribution in [0.3, 0.4) is 0 Å². The largest absolute Gasteiger partial charge is 0.179 e. The lowest BCUT2D eigenvalue weighted by molar-refractivity contribution is 1.61. The van der Waals surface area contributed by atoms with Crippen LogP contribution in [0.25, 0.3) is 0 Å². The molecule has 0 unspecified atom stereocenters. The van der Waals surface area contributed by atoms with Crippen LogP contribution in [0, 0.1) is 0 Å². The van der Waals surface area contributed by atoms with Crippen molar-refractivity contribution in [3.05, 3.63) is 115 Å². The van der Waals surface area contributed by atoms with E-state index < -0.39 is 8.07 Å². The van der Waals surface area contributed by atoms with Crippen molar-refractivity contribution in [2.24, 2.45) is 0 Å². The highest BCUT2D eigenvalue weighted by Gasteiger charge is 2.41. The molecule has 0 bridgehead atoms. The normalized spacial score (nSPS) is 11.4. The smallest absolute Gasteiger partial charge is 0.0608 e. The van der Waals surface area contributed by atoms with Gasteiger partial charge in [-0.1, -0.05) is 112 Å². The van der Waals surface area contributed by atoms with Gasteiger partial charge in [-0.3, -0.25) is 0 Å². The zero-order valence-corrected chi connectivity index (χ0v) is 22.6. The Kier molecular flexibility index (Phi) is 6.61. The summed E-state index contributed by atoms with van der Waals surface area (Å²) in [5.74, 6) is 0. The van der Waals surface area contributed by atoms with E-state index in [2.05, 4.69) is 161 Å². The van der Waals surface area contributed by atoms with Gasteiger partial charge in [0.2, 0.25) is 0 Å². The summed E-state index contributed by atoms with van der Waals surface area (Å²) in [4.78, 5) is 0. The molecule has 29 heavy (non-hydrogen) atoms. The Bertz CT molecular complexity index is 916. The minimum Gasteiger partial charge on any atom is -0.0608 e. The Morgan fingerprint density at radius 1 is 0.310 bits per heavy atom. The standard InChI is InChI=1S/C24H16Br4Si/c25-17-1-9-21(10-2-17)29(22-11-3-18(26)4-12-22,23-13-5-19(27)6-14-23)24-15-7-20(28)8-16-24/h1-16H. The molecule has 0 atom stereocenters. The van der Waals surface area contributed by atoms with Gasteiger partial charge in [-0.05, 0) is 69.3 Å². The highest BCUT2D eigenvalue weighted by atomic mass is 79.9. The van der Waals surface area contributed by atoms with Gasteiger partial charge >= 0.3 is 0 Å². The lowest BCUT2D eigenvalue weighted by Gasteiger charge is -2.34. The number of hydrogen-bond donors (Lipinski definition) is 0. The molecular weight excluding hydrogens is 636 g/mol. The van der Waals surface area contributed by atoms with Crippen LogP contribution in [0.4, 0.5) is 0 Å². The molecule has 0 fully saturated rings. The van der Waals surface area contributed by atoms with E-state index in [9.17, 15) is 0 Å². The predicted octanol–water partition coefficient (Wildman–Crippen LogP) is 6.11. The topological polar surface area (TPSA) is 0 Å². The number of halogens is 4. The summed E-state index contributed by atoms with van der Waals surface area (Å²) in [5, 5.41) is 5.42. The molecule has 0 nitrogen and oxygen atoms in total. The molecule has 0 aliphatic heterocycles. The summed E-state index contributed by atoms with van der Waals surface area (Å²) in [6.07, 6.45) is 0. The van der Waals surface area contributed by atoms with Crippen LogP contribution in [-0.2, 0) is 0 Å². The zero-order valence-electron chi connectivity index (χ0n) is 15.2. The highest BCUT2D eigenvalue weighted by molar-refractivity contribution is 9.11. The van der Waals surface area contributed by atoms with Gasteiger partial charge in [-0.25, -0.2) is 0 Å². The summed E-state index contributed by atoms with van der Waals surface area (Å²) >= 11 is 14.4. The van der Waals surface area contributed by atoms with Crippen LogP contribution < -0.4 is 20.7 Å². The van der Waals surface area contributed by atoms with E-state index in [1.807, 2.05) is 0 Å². The number of rotatable bonds is 4. The molecule has 144 valence electrons. The van der Waals surface area contributed by atoms with Crippen LogP contribution in [0.2, 0.25) is 0 Å². The molecule has 4 aromatic carbocycles. The Hall–Kier alpha value is -0.983. The molecule has 5 heteroatoms. The lowest BCUT2D eigenvalue weighted by Crippen LogP contribution is -2.74. The molecule has 0 amide bonds. The summed E-state index contributed by atoms with van der Waals surface area (Å²) in [7, 11) is -2.48. The number of benzene rings is 4. The van der Waals surface area contributed by atoms with E-state index in [1.165, 1.54) is 20.7 Å². The minimum absolute atomic E-state index is 1.09. The average molecular weight is 652 g/mol. The van der Waals surface area contributed by atoms with E-state index in [1.54, 1.807) is 0 Å². The van der Waals surface area contributed by atoms with Crippen molar-refractivity contribution in [1.82, 2.24) is 0 Å². The monoisotopic (exact) mass is 648 g/mol. The second-order valence-electron chi connectivity index (χ2n) is 6.78. The summed E-state index contributed by atoms with van der Waals surface area (Å²) in [5.41, 5.74) is 0. The molecule has 0 spiro atoms. The maximum Gasteiger partial charge on any atom is 0.179 e. The molecule has 0 aliphatic rings. The van der Waals surface area contributed by atoms with Crippen molar-refractivity contribution in [3.8, 4) is 0 Å². The fraction of sp³-hybridized carbons (Fsp3) is 0. The van der Waals surface area contributed by atoms with Gasteiger partial charge in [-0.15, -0.1) is 0 Å². The van der Waals surface area contributed by atoms with Crippen LogP contribution in [-0.4, -0.2) is 8.07 Å². The van der Waals surface area contributed by atoms with Gasteiger partial charge in [0.15, 0.2) is 8.07 Å². The predicted molar refractivity (Wildman–Crippen MR) is 141 cm³/mol. The van der Waals surface area contributed by atoms with Crippen molar-refractivity contribution in [3.63, 3.8) is 0 Å². The van der Waals surface area contributed by atoms with Gasteiger partial charge in [0.25, 0.3) is 0 Å². The van der Waals surface area contributed by atoms with Crippen LogP contribution in [0.15, 0.2) is 115 Å². The molecule has 4 aromatic rings. The first-order valence-corrected chi connectivity index (χ1v) is 14.2. The van der Waals surface area contributed by atoms with Gasteiger partial charge in [0.05, 0.1) is 0 Å². The quantitative estimate of drug-likeness (QED) is 0.185. The third-order valence-electron chi connectivity index (χ3n) is 5.11. The van der Waals surface area contributed by atoms with Crippen molar-refractivity contribution in [1.29, 1.82) is 0 Å². The fourth-order valence-electron chi connectivity index (χ4n) is 3.80. The Morgan fingerprint density at radius 3 is 0.655 bits per heavy atom. The molecular formula is C24H16Br4Si. The zero-order chi connectivity index (χ0) is 20.4. The van der Waals surface area contributed by atoms with E-state index in [0.717, 1.165) is 17.9 Å². The Balaban J connectivity index is 2.11. The van der Waals surface area contributed by atoms with Crippen molar-refractivity contribution in [2.75, 3.05) is 0 Å². The summed E-state index contributed by atoms with van der Waals surface area (Å²) < 4.78 is 4.36. The fourth-order valence-corrected chi connectivity index (χ4v) is 9.52. The molecule has 0 aliphatic carbocycles. The third-order valence-corrected chi connectivity index (χ3v) is 12.0. The first-order valence-electron chi connectivity index (χ1n) is 9.04. The van der Waals surface area contributed by atoms with Crippen LogP contribution in [0.5, 0.6) is 0 Å². The molecule has 0 saturated carbocycles. The molecule has 0 saturated heterocycles. The average Bonchev–Trinajstić information content (AvgIpc) is 2.73. The van der Waals surface area contributed by atoms with E-state index >= 15 is 0 Å². The van der Waals surface area contributed by atoms with Crippen molar-refractivity contribution in [2.45, 2.75) is 0 Å². The van der Waals surface area contributed by atoms with Gasteiger partial charge in [-0.2, -0.15) is 0 Å². The maximum absolute atomic E-state index is 3.61.